The molecule has 0 spiro atoms. The molecule has 0 aliphatic heterocycles. The maximum absolute atomic E-state index is 12.8. The van der Waals surface area contributed by atoms with Gasteiger partial charge in [0.1, 0.15) is 11.3 Å². The van der Waals surface area contributed by atoms with Crippen LogP contribution in [0.3, 0.4) is 0 Å². The van der Waals surface area contributed by atoms with E-state index in [1.807, 2.05) is 54.8 Å². The van der Waals surface area contributed by atoms with Crippen molar-refractivity contribution < 1.29 is 14.0 Å². The Hall–Kier alpha value is -3.38. The molecule has 0 saturated carbocycles. The average Bonchev–Trinajstić information content (AvgIpc) is 3.32. The molecule has 2 N–H and O–H groups in total. The lowest BCUT2D eigenvalue weighted by Gasteiger charge is -2.07. The largest absolute Gasteiger partial charge is 0.449 e. The highest BCUT2D eigenvalue weighted by Gasteiger charge is 2.23. The number of furan rings is 1. The number of aryl methyl sites for hydroxylation is 1. The Bertz CT molecular complexity index is 1110. The summed E-state index contributed by atoms with van der Waals surface area (Å²) in [6, 6.07) is 18.2. The fraction of sp³-hybridized carbons (Fsp3) is 0.0476. The van der Waals surface area contributed by atoms with E-state index in [0.29, 0.717) is 27.2 Å². The summed E-state index contributed by atoms with van der Waals surface area (Å²) in [5.41, 5.74) is 2.66. The molecular formula is C21H16N2O3S. The van der Waals surface area contributed by atoms with Crippen LogP contribution in [0, 0.1) is 6.92 Å². The molecule has 4 rings (SSSR count). The Labute approximate surface area is 159 Å². The summed E-state index contributed by atoms with van der Waals surface area (Å²) in [7, 11) is 0. The molecule has 27 heavy (non-hydrogen) atoms. The van der Waals surface area contributed by atoms with Gasteiger partial charge < -0.3 is 15.1 Å². The van der Waals surface area contributed by atoms with Crippen LogP contribution < -0.4 is 10.6 Å². The Morgan fingerprint density at radius 2 is 1.67 bits per heavy atom. The zero-order valence-electron chi connectivity index (χ0n) is 14.5. The topological polar surface area (TPSA) is 71.3 Å². The highest BCUT2D eigenvalue weighted by molar-refractivity contribution is 7.12. The fourth-order valence-electron chi connectivity index (χ4n) is 2.74. The summed E-state index contributed by atoms with van der Waals surface area (Å²) >= 11 is 1.33. The fourth-order valence-corrected chi connectivity index (χ4v) is 3.36. The summed E-state index contributed by atoms with van der Waals surface area (Å²) in [6.45, 7) is 1.98. The van der Waals surface area contributed by atoms with Crippen LogP contribution in [0.15, 0.2) is 70.5 Å². The first-order chi connectivity index (χ1) is 13.1. The molecule has 0 radical (unpaired) electrons. The second-order valence-corrected chi connectivity index (χ2v) is 7.00. The maximum atomic E-state index is 12.8. The van der Waals surface area contributed by atoms with Gasteiger partial charge in [-0.25, -0.2) is 0 Å². The standard InChI is InChI=1S/C21H16N2O3S/c1-13-8-10-14(11-9-13)22-21(25)19-18(15-5-2-3-6-16(15)26-19)23-20(24)17-7-4-12-27-17/h2-12H,1H3,(H,22,25)(H,23,24). The quantitative estimate of drug-likeness (QED) is 0.507. The SMILES string of the molecule is Cc1ccc(NC(=O)c2oc3ccccc3c2NC(=O)c2cccs2)cc1. The highest BCUT2D eigenvalue weighted by atomic mass is 32.1. The summed E-state index contributed by atoms with van der Waals surface area (Å²) in [4.78, 5) is 25.9. The number of fused-ring (bicyclic) bond motifs is 1. The van der Waals surface area contributed by atoms with Crippen LogP contribution in [0.4, 0.5) is 11.4 Å². The van der Waals surface area contributed by atoms with Gasteiger partial charge in [0, 0.05) is 11.1 Å². The number of thiophene rings is 1. The zero-order valence-corrected chi connectivity index (χ0v) is 15.3. The number of para-hydroxylation sites is 1. The monoisotopic (exact) mass is 376 g/mol. The first-order valence-corrected chi connectivity index (χ1v) is 9.24. The van der Waals surface area contributed by atoms with Crippen LogP contribution in [-0.2, 0) is 0 Å². The van der Waals surface area contributed by atoms with Crippen LogP contribution in [0.1, 0.15) is 25.8 Å². The molecule has 0 unspecified atom stereocenters. The smallest absolute Gasteiger partial charge is 0.293 e. The summed E-state index contributed by atoms with van der Waals surface area (Å²) < 4.78 is 5.75. The molecule has 0 aliphatic carbocycles. The Morgan fingerprint density at radius 1 is 0.889 bits per heavy atom. The zero-order chi connectivity index (χ0) is 18.8. The second kappa shape index (κ2) is 7.09. The lowest BCUT2D eigenvalue weighted by atomic mass is 10.2. The molecule has 4 aromatic rings. The van der Waals surface area contributed by atoms with Crippen molar-refractivity contribution in [3.63, 3.8) is 0 Å². The Morgan fingerprint density at radius 3 is 2.41 bits per heavy atom. The number of hydrogen-bond acceptors (Lipinski definition) is 4. The van der Waals surface area contributed by atoms with Crippen molar-refractivity contribution in [1.82, 2.24) is 0 Å². The second-order valence-electron chi connectivity index (χ2n) is 6.05. The van der Waals surface area contributed by atoms with E-state index >= 15 is 0 Å². The molecule has 0 atom stereocenters. The molecule has 2 amide bonds. The number of nitrogens with one attached hydrogen (secondary N) is 2. The van der Waals surface area contributed by atoms with Crippen LogP contribution in [-0.4, -0.2) is 11.8 Å². The van der Waals surface area contributed by atoms with Crippen LogP contribution >= 0.6 is 11.3 Å². The number of benzene rings is 2. The molecule has 0 saturated heterocycles. The highest BCUT2D eigenvalue weighted by Crippen LogP contribution is 2.32. The van der Waals surface area contributed by atoms with E-state index in [9.17, 15) is 9.59 Å². The minimum atomic E-state index is -0.420. The third kappa shape index (κ3) is 3.47. The summed E-state index contributed by atoms with van der Waals surface area (Å²) in [6.07, 6.45) is 0. The predicted molar refractivity (Wildman–Crippen MR) is 108 cm³/mol. The van der Waals surface area contributed by atoms with Crippen LogP contribution in [0.2, 0.25) is 0 Å². The van der Waals surface area contributed by atoms with Gasteiger partial charge in [-0.15, -0.1) is 11.3 Å². The van der Waals surface area contributed by atoms with E-state index in [1.54, 1.807) is 18.2 Å². The first kappa shape index (κ1) is 17.1. The molecule has 6 heteroatoms. The first-order valence-electron chi connectivity index (χ1n) is 8.36. The molecule has 0 aliphatic rings. The van der Waals surface area contributed by atoms with Crippen molar-refractivity contribution in [1.29, 1.82) is 0 Å². The van der Waals surface area contributed by atoms with Crippen molar-refractivity contribution in [3.8, 4) is 0 Å². The third-order valence-corrected chi connectivity index (χ3v) is 4.96. The Kier molecular flexibility index (Phi) is 4.48. The van der Waals surface area contributed by atoms with Gasteiger partial charge in [0.2, 0.25) is 5.76 Å². The third-order valence-electron chi connectivity index (χ3n) is 4.09. The number of anilines is 2. The number of rotatable bonds is 4. The van der Waals surface area contributed by atoms with Crippen molar-refractivity contribution in [2.75, 3.05) is 10.6 Å². The molecule has 2 aromatic carbocycles. The summed E-state index contributed by atoms with van der Waals surface area (Å²) in [5, 5.41) is 8.15. The predicted octanol–water partition coefficient (Wildman–Crippen LogP) is 5.31. The van der Waals surface area contributed by atoms with E-state index in [2.05, 4.69) is 10.6 Å². The molecule has 2 heterocycles. The van der Waals surface area contributed by atoms with E-state index in [1.165, 1.54) is 11.3 Å². The number of amides is 2. The van der Waals surface area contributed by atoms with E-state index in [0.717, 1.165) is 5.56 Å². The lowest BCUT2D eigenvalue weighted by molar-refractivity contribution is 0.1000. The van der Waals surface area contributed by atoms with Crippen molar-refractivity contribution >= 4 is 45.5 Å². The van der Waals surface area contributed by atoms with Gasteiger partial charge in [-0.1, -0.05) is 35.9 Å². The summed E-state index contributed by atoms with van der Waals surface area (Å²) in [5.74, 6) is -0.626. The molecule has 134 valence electrons. The van der Waals surface area contributed by atoms with E-state index in [-0.39, 0.29) is 11.7 Å². The molecule has 2 aromatic heterocycles. The van der Waals surface area contributed by atoms with Gasteiger partial charge in [-0.05, 0) is 42.6 Å². The minimum absolute atomic E-state index is 0.0710. The van der Waals surface area contributed by atoms with Gasteiger partial charge in [0.15, 0.2) is 0 Å². The number of hydrogen-bond donors (Lipinski definition) is 2. The van der Waals surface area contributed by atoms with Crippen LogP contribution in [0.5, 0.6) is 0 Å². The van der Waals surface area contributed by atoms with Gasteiger partial charge in [-0.3, -0.25) is 9.59 Å². The molecule has 0 fully saturated rings. The molecular weight excluding hydrogens is 360 g/mol. The van der Waals surface area contributed by atoms with Crippen LogP contribution in [0.25, 0.3) is 11.0 Å². The van der Waals surface area contributed by atoms with Crippen molar-refractivity contribution in [3.05, 3.63) is 82.2 Å². The lowest BCUT2D eigenvalue weighted by Crippen LogP contribution is -2.16. The van der Waals surface area contributed by atoms with Gasteiger partial charge in [-0.2, -0.15) is 0 Å². The van der Waals surface area contributed by atoms with Gasteiger partial charge >= 0.3 is 0 Å². The van der Waals surface area contributed by atoms with Gasteiger partial charge in [0.25, 0.3) is 11.8 Å². The van der Waals surface area contributed by atoms with E-state index in [4.69, 9.17) is 4.42 Å². The number of carbonyl (C=O) groups is 2. The Balaban J connectivity index is 1.70. The maximum Gasteiger partial charge on any atom is 0.293 e. The normalized spacial score (nSPS) is 10.7. The van der Waals surface area contributed by atoms with Crippen molar-refractivity contribution in [2.24, 2.45) is 0 Å². The molecule has 0 bridgehead atoms. The van der Waals surface area contributed by atoms with Gasteiger partial charge in [0.05, 0.1) is 4.88 Å². The number of carbonyl (C=O) groups excluding carboxylic acids is 2. The van der Waals surface area contributed by atoms with E-state index < -0.39 is 5.91 Å². The van der Waals surface area contributed by atoms with Crippen molar-refractivity contribution in [2.45, 2.75) is 6.92 Å². The average molecular weight is 376 g/mol. The minimum Gasteiger partial charge on any atom is -0.449 e. The molecule has 5 nitrogen and oxygen atoms in total.